The maximum absolute atomic E-state index is 13.3. The Labute approximate surface area is 113 Å². The van der Waals surface area contributed by atoms with E-state index in [-0.39, 0.29) is 5.82 Å². The molecule has 1 heterocycles. The molecule has 1 aromatic carbocycles. The SMILES string of the molecule is CC(C)CC1CN(c2cc(F)ccc2Cl)CCN1. The first-order valence-corrected chi connectivity index (χ1v) is 6.87. The van der Waals surface area contributed by atoms with Crippen LogP contribution < -0.4 is 10.2 Å². The summed E-state index contributed by atoms with van der Waals surface area (Å²) in [4.78, 5) is 2.18. The molecule has 100 valence electrons. The summed E-state index contributed by atoms with van der Waals surface area (Å²) in [7, 11) is 0. The maximum Gasteiger partial charge on any atom is 0.125 e. The number of rotatable bonds is 3. The van der Waals surface area contributed by atoms with Crippen LogP contribution in [0, 0.1) is 11.7 Å². The van der Waals surface area contributed by atoms with E-state index in [2.05, 4.69) is 24.1 Å². The van der Waals surface area contributed by atoms with Crippen molar-refractivity contribution < 1.29 is 4.39 Å². The quantitative estimate of drug-likeness (QED) is 0.907. The van der Waals surface area contributed by atoms with Crippen molar-refractivity contribution in [2.24, 2.45) is 5.92 Å². The topological polar surface area (TPSA) is 15.3 Å². The van der Waals surface area contributed by atoms with Crippen LogP contribution in [0.5, 0.6) is 0 Å². The van der Waals surface area contributed by atoms with Gasteiger partial charge in [-0.2, -0.15) is 0 Å². The average molecular weight is 271 g/mol. The fourth-order valence-electron chi connectivity index (χ4n) is 2.50. The Balaban J connectivity index is 2.10. The summed E-state index contributed by atoms with van der Waals surface area (Å²) in [6, 6.07) is 5.02. The van der Waals surface area contributed by atoms with E-state index in [4.69, 9.17) is 11.6 Å². The Kier molecular flexibility index (Phi) is 4.46. The highest BCUT2D eigenvalue weighted by Crippen LogP contribution is 2.27. The molecule has 1 N–H and O–H groups in total. The molecule has 2 rings (SSSR count). The lowest BCUT2D eigenvalue weighted by Gasteiger charge is -2.36. The number of nitrogens with zero attached hydrogens (tertiary/aromatic N) is 1. The first kappa shape index (κ1) is 13.6. The number of benzene rings is 1. The van der Waals surface area contributed by atoms with Gasteiger partial charge in [0.2, 0.25) is 0 Å². The van der Waals surface area contributed by atoms with Crippen molar-refractivity contribution in [3.8, 4) is 0 Å². The van der Waals surface area contributed by atoms with Gasteiger partial charge in [0.25, 0.3) is 0 Å². The van der Waals surface area contributed by atoms with Gasteiger partial charge in [-0.15, -0.1) is 0 Å². The van der Waals surface area contributed by atoms with E-state index in [1.54, 1.807) is 6.07 Å². The monoisotopic (exact) mass is 270 g/mol. The fourth-order valence-corrected chi connectivity index (χ4v) is 2.74. The summed E-state index contributed by atoms with van der Waals surface area (Å²) in [5, 5.41) is 4.13. The van der Waals surface area contributed by atoms with Crippen molar-refractivity contribution in [1.82, 2.24) is 5.32 Å². The van der Waals surface area contributed by atoms with Crippen molar-refractivity contribution in [1.29, 1.82) is 0 Å². The first-order valence-electron chi connectivity index (χ1n) is 6.49. The first-order chi connectivity index (χ1) is 8.56. The van der Waals surface area contributed by atoms with E-state index in [0.717, 1.165) is 31.7 Å². The van der Waals surface area contributed by atoms with Crippen molar-refractivity contribution in [2.45, 2.75) is 26.3 Å². The van der Waals surface area contributed by atoms with Crippen LogP contribution >= 0.6 is 11.6 Å². The van der Waals surface area contributed by atoms with Crippen LogP contribution in [0.1, 0.15) is 20.3 Å². The van der Waals surface area contributed by atoms with Crippen molar-refractivity contribution in [3.05, 3.63) is 29.0 Å². The van der Waals surface area contributed by atoms with Gasteiger partial charge >= 0.3 is 0 Å². The number of hydrogen-bond acceptors (Lipinski definition) is 2. The number of hydrogen-bond donors (Lipinski definition) is 1. The lowest BCUT2D eigenvalue weighted by molar-refractivity contribution is 0.388. The van der Waals surface area contributed by atoms with Gasteiger partial charge in [-0.3, -0.25) is 0 Å². The lowest BCUT2D eigenvalue weighted by Crippen LogP contribution is -2.51. The highest BCUT2D eigenvalue weighted by molar-refractivity contribution is 6.33. The predicted octanol–water partition coefficient (Wildman–Crippen LogP) is 3.30. The Morgan fingerprint density at radius 3 is 3.00 bits per heavy atom. The second-order valence-corrected chi connectivity index (χ2v) is 5.73. The third-order valence-corrected chi connectivity index (χ3v) is 3.58. The molecule has 1 aliphatic heterocycles. The lowest BCUT2D eigenvalue weighted by atomic mass is 10.0. The molecule has 0 saturated carbocycles. The van der Waals surface area contributed by atoms with Crippen molar-refractivity contribution >= 4 is 17.3 Å². The van der Waals surface area contributed by atoms with E-state index >= 15 is 0 Å². The summed E-state index contributed by atoms with van der Waals surface area (Å²) in [5.74, 6) is 0.429. The Bertz CT molecular complexity index is 409. The average Bonchev–Trinajstić information content (AvgIpc) is 2.32. The van der Waals surface area contributed by atoms with Crippen LogP contribution in [-0.4, -0.2) is 25.7 Å². The summed E-state index contributed by atoms with van der Waals surface area (Å²) in [6.07, 6.45) is 1.13. The van der Waals surface area contributed by atoms with E-state index < -0.39 is 0 Å². The number of piperazine rings is 1. The second-order valence-electron chi connectivity index (χ2n) is 5.32. The smallest absolute Gasteiger partial charge is 0.125 e. The minimum absolute atomic E-state index is 0.228. The number of nitrogens with one attached hydrogen (secondary N) is 1. The molecule has 1 fully saturated rings. The Hall–Kier alpha value is -0.800. The van der Waals surface area contributed by atoms with Gasteiger partial charge in [0.05, 0.1) is 10.7 Å². The molecule has 0 radical (unpaired) electrons. The zero-order valence-corrected chi connectivity index (χ0v) is 11.7. The summed E-state index contributed by atoms with van der Waals surface area (Å²) in [6.45, 7) is 7.12. The van der Waals surface area contributed by atoms with Crippen LogP contribution in [0.4, 0.5) is 10.1 Å². The van der Waals surface area contributed by atoms with Gasteiger partial charge < -0.3 is 10.2 Å². The Morgan fingerprint density at radius 1 is 1.50 bits per heavy atom. The molecule has 1 atom stereocenters. The van der Waals surface area contributed by atoms with Gasteiger partial charge in [-0.1, -0.05) is 25.4 Å². The van der Waals surface area contributed by atoms with E-state index in [1.807, 2.05) is 0 Å². The molecule has 4 heteroatoms. The molecule has 0 bridgehead atoms. The molecule has 1 aromatic rings. The fraction of sp³-hybridized carbons (Fsp3) is 0.571. The molecule has 0 aromatic heterocycles. The number of anilines is 1. The molecular weight excluding hydrogens is 251 g/mol. The maximum atomic E-state index is 13.3. The standard InChI is InChI=1S/C14H20ClFN2/c1-10(2)7-12-9-18(6-5-17-12)14-8-11(16)3-4-13(14)15/h3-4,8,10,12,17H,5-7,9H2,1-2H3. The van der Waals surface area contributed by atoms with Crippen LogP contribution in [0.25, 0.3) is 0 Å². The normalized spacial score (nSPS) is 20.5. The Morgan fingerprint density at radius 2 is 2.28 bits per heavy atom. The minimum atomic E-state index is -0.228. The zero-order valence-electron chi connectivity index (χ0n) is 10.9. The molecule has 2 nitrogen and oxygen atoms in total. The van der Waals surface area contributed by atoms with E-state index in [0.29, 0.717) is 17.0 Å². The second kappa shape index (κ2) is 5.89. The van der Waals surface area contributed by atoms with Gasteiger partial charge in [0.1, 0.15) is 5.82 Å². The molecular formula is C14H20ClFN2. The molecule has 1 aliphatic rings. The summed E-state index contributed by atoms with van der Waals surface area (Å²) in [5.41, 5.74) is 0.812. The van der Waals surface area contributed by atoms with Crippen molar-refractivity contribution in [3.63, 3.8) is 0 Å². The summed E-state index contributed by atoms with van der Waals surface area (Å²) < 4.78 is 13.3. The predicted molar refractivity (Wildman–Crippen MR) is 74.9 cm³/mol. The number of halogens is 2. The van der Waals surface area contributed by atoms with Crippen LogP contribution in [0.3, 0.4) is 0 Å². The highest BCUT2D eigenvalue weighted by Gasteiger charge is 2.21. The minimum Gasteiger partial charge on any atom is -0.367 e. The van der Waals surface area contributed by atoms with E-state index in [1.165, 1.54) is 12.1 Å². The third-order valence-electron chi connectivity index (χ3n) is 3.26. The molecule has 18 heavy (non-hydrogen) atoms. The molecule has 1 saturated heterocycles. The van der Waals surface area contributed by atoms with Gasteiger partial charge in [-0.05, 0) is 30.5 Å². The van der Waals surface area contributed by atoms with Gasteiger partial charge in [0.15, 0.2) is 0 Å². The van der Waals surface area contributed by atoms with Crippen LogP contribution in [-0.2, 0) is 0 Å². The van der Waals surface area contributed by atoms with Gasteiger partial charge in [0, 0.05) is 25.7 Å². The molecule has 0 aliphatic carbocycles. The molecule has 1 unspecified atom stereocenters. The zero-order chi connectivity index (χ0) is 13.1. The van der Waals surface area contributed by atoms with Crippen molar-refractivity contribution in [2.75, 3.05) is 24.5 Å². The van der Waals surface area contributed by atoms with Crippen LogP contribution in [0.15, 0.2) is 18.2 Å². The molecule has 0 amide bonds. The van der Waals surface area contributed by atoms with E-state index in [9.17, 15) is 4.39 Å². The largest absolute Gasteiger partial charge is 0.367 e. The van der Waals surface area contributed by atoms with Crippen LogP contribution in [0.2, 0.25) is 5.02 Å². The highest BCUT2D eigenvalue weighted by atomic mass is 35.5. The summed E-state index contributed by atoms with van der Waals surface area (Å²) >= 11 is 6.15. The third kappa shape index (κ3) is 3.36. The molecule has 0 spiro atoms. The van der Waals surface area contributed by atoms with Gasteiger partial charge in [-0.25, -0.2) is 4.39 Å².